The number of allylic oxidation sites excluding steroid dienone is 1. The molecular weight excluding hydrogens is 366 g/mol. The van der Waals surface area contributed by atoms with E-state index < -0.39 is 0 Å². The van der Waals surface area contributed by atoms with Crippen molar-refractivity contribution in [3.8, 4) is 0 Å². The maximum atomic E-state index is 13.0. The fourth-order valence-electron chi connectivity index (χ4n) is 3.10. The van der Waals surface area contributed by atoms with Gasteiger partial charge in [0.1, 0.15) is 5.65 Å². The van der Waals surface area contributed by atoms with Crippen molar-refractivity contribution in [3.05, 3.63) is 75.7 Å². The van der Waals surface area contributed by atoms with Crippen molar-refractivity contribution in [2.45, 2.75) is 52.4 Å². The first-order chi connectivity index (χ1) is 13.4. The standard InChI is InChI=1S/C23H27N3OS/c1-6-7-11-21(28-20-10-8-9-15(2)18(20)5)25-23(27)19-12-13-26-17(4)14-16(3)24-22(19)26/h8-14H,6-7H2,1-5H3,(H,25,27)/b21-11-. The van der Waals surface area contributed by atoms with E-state index in [0.29, 0.717) is 11.2 Å². The molecule has 0 saturated heterocycles. The molecule has 3 rings (SSSR count). The maximum absolute atomic E-state index is 13.0. The van der Waals surface area contributed by atoms with Gasteiger partial charge in [0.25, 0.3) is 5.91 Å². The van der Waals surface area contributed by atoms with Crippen LogP contribution in [0.3, 0.4) is 0 Å². The minimum absolute atomic E-state index is 0.125. The molecule has 5 heteroatoms. The second kappa shape index (κ2) is 8.65. The van der Waals surface area contributed by atoms with Gasteiger partial charge in [0.15, 0.2) is 0 Å². The molecule has 0 aliphatic rings. The number of unbranched alkanes of at least 4 members (excludes halogenated alkanes) is 1. The third-order valence-electron chi connectivity index (χ3n) is 4.81. The Morgan fingerprint density at radius 3 is 2.75 bits per heavy atom. The molecule has 146 valence electrons. The number of nitrogens with one attached hydrogen (secondary N) is 1. The number of thioether (sulfide) groups is 1. The van der Waals surface area contributed by atoms with Crippen molar-refractivity contribution in [2.24, 2.45) is 0 Å². The highest BCUT2D eigenvalue weighted by Crippen LogP contribution is 2.30. The van der Waals surface area contributed by atoms with Crippen LogP contribution in [-0.2, 0) is 0 Å². The van der Waals surface area contributed by atoms with Crippen LogP contribution in [0.15, 0.2) is 52.5 Å². The zero-order chi connectivity index (χ0) is 20.3. The molecule has 0 radical (unpaired) electrons. The van der Waals surface area contributed by atoms with Crippen molar-refractivity contribution in [3.63, 3.8) is 0 Å². The number of aryl methyl sites for hydroxylation is 3. The predicted molar refractivity (Wildman–Crippen MR) is 117 cm³/mol. The molecule has 0 spiro atoms. The molecule has 28 heavy (non-hydrogen) atoms. The number of fused-ring (bicyclic) bond motifs is 1. The van der Waals surface area contributed by atoms with E-state index in [-0.39, 0.29) is 5.91 Å². The summed E-state index contributed by atoms with van der Waals surface area (Å²) in [5.41, 5.74) is 5.75. The van der Waals surface area contributed by atoms with Gasteiger partial charge in [-0.2, -0.15) is 0 Å². The topological polar surface area (TPSA) is 46.4 Å². The molecule has 1 amide bonds. The van der Waals surface area contributed by atoms with Gasteiger partial charge in [0.05, 0.1) is 10.6 Å². The second-order valence-corrected chi connectivity index (χ2v) is 8.16. The normalized spacial score (nSPS) is 11.8. The van der Waals surface area contributed by atoms with E-state index in [0.717, 1.165) is 34.2 Å². The van der Waals surface area contributed by atoms with Crippen LogP contribution in [0.2, 0.25) is 0 Å². The molecule has 0 aliphatic carbocycles. The molecule has 1 N–H and O–H groups in total. The van der Waals surface area contributed by atoms with Crippen LogP contribution in [0, 0.1) is 27.7 Å². The summed E-state index contributed by atoms with van der Waals surface area (Å²) in [4.78, 5) is 18.8. The smallest absolute Gasteiger partial charge is 0.259 e. The number of rotatable bonds is 6. The number of carbonyl (C=O) groups is 1. The molecule has 2 aromatic heterocycles. The highest BCUT2D eigenvalue weighted by atomic mass is 32.2. The van der Waals surface area contributed by atoms with E-state index in [4.69, 9.17) is 0 Å². The molecular formula is C23H27N3OS. The first kappa shape index (κ1) is 20.2. The van der Waals surface area contributed by atoms with Crippen LogP contribution >= 0.6 is 11.8 Å². The summed E-state index contributed by atoms with van der Waals surface area (Å²) in [5, 5.41) is 3.98. The van der Waals surface area contributed by atoms with Gasteiger partial charge in [-0.15, -0.1) is 0 Å². The van der Waals surface area contributed by atoms with Crippen molar-refractivity contribution >= 4 is 23.3 Å². The number of amides is 1. The van der Waals surface area contributed by atoms with E-state index >= 15 is 0 Å². The van der Waals surface area contributed by atoms with Gasteiger partial charge < -0.3 is 9.72 Å². The van der Waals surface area contributed by atoms with Gasteiger partial charge in [-0.3, -0.25) is 4.79 Å². The summed E-state index contributed by atoms with van der Waals surface area (Å²) in [6.45, 7) is 10.3. The molecule has 0 bridgehead atoms. The average molecular weight is 394 g/mol. The van der Waals surface area contributed by atoms with Crippen molar-refractivity contribution in [1.29, 1.82) is 0 Å². The summed E-state index contributed by atoms with van der Waals surface area (Å²) < 4.78 is 1.95. The Kier molecular flexibility index (Phi) is 6.25. The number of aromatic nitrogens is 2. The first-order valence-electron chi connectivity index (χ1n) is 9.61. The summed E-state index contributed by atoms with van der Waals surface area (Å²) in [6.07, 6.45) is 5.95. The number of hydrogen-bond acceptors (Lipinski definition) is 3. The van der Waals surface area contributed by atoms with Crippen LogP contribution in [0.1, 0.15) is 52.6 Å². The van der Waals surface area contributed by atoms with E-state index in [1.54, 1.807) is 11.8 Å². The Labute approximate surface area is 171 Å². The van der Waals surface area contributed by atoms with Gasteiger partial charge in [-0.05, 0) is 63.4 Å². The minimum atomic E-state index is -0.125. The van der Waals surface area contributed by atoms with Crippen LogP contribution in [0.4, 0.5) is 0 Å². The Morgan fingerprint density at radius 1 is 1.21 bits per heavy atom. The molecule has 0 atom stereocenters. The van der Waals surface area contributed by atoms with Gasteiger partial charge in [0, 0.05) is 22.5 Å². The third-order valence-corrected chi connectivity index (χ3v) is 5.96. The van der Waals surface area contributed by atoms with Crippen LogP contribution in [-0.4, -0.2) is 15.3 Å². The SMILES string of the molecule is CCC/C=C(/NC(=O)c1ccn2c(C)cc(C)nc12)Sc1cccc(C)c1C. The Bertz CT molecular complexity index is 1050. The molecule has 1 aromatic carbocycles. The van der Waals surface area contributed by atoms with E-state index in [9.17, 15) is 4.79 Å². The molecule has 0 unspecified atom stereocenters. The van der Waals surface area contributed by atoms with Crippen molar-refractivity contribution in [2.75, 3.05) is 0 Å². The first-order valence-corrected chi connectivity index (χ1v) is 10.4. The Morgan fingerprint density at radius 2 is 2.00 bits per heavy atom. The zero-order valence-electron chi connectivity index (χ0n) is 17.2. The van der Waals surface area contributed by atoms with Crippen molar-refractivity contribution < 1.29 is 4.79 Å². The maximum Gasteiger partial charge on any atom is 0.259 e. The lowest BCUT2D eigenvalue weighted by atomic mass is 10.1. The monoisotopic (exact) mass is 393 g/mol. The highest BCUT2D eigenvalue weighted by Gasteiger charge is 2.16. The summed E-state index contributed by atoms with van der Waals surface area (Å²) in [5.74, 6) is -0.125. The number of carbonyl (C=O) groups excluding carboxylic acids is 1. The van der Waals surface area contributed by atoms with Crippen LogP contribution < -0.4 is 5.32 Å². The fraction of sp³-hybridized carbons (Fsp3) is 0.304. The molecule has 0 saturated carbocycles. The predicted octanol–water partition coefficient (Wildman–Crippen LogP) is 5.73. The largest absolute Gasteiger partial charge is 0.316 e. The Hall–Kier alpha value is -2.53. The highest BCUT2D eigenvalue weighted by molar-refractivity contribution is 8.03. The van der Waals surface area contributed by atoms with Gasteiger partial charge in [-0.25, -0.2) is 4.98 Å². The van der Waals surface area contributed by atoms with Crippen molar-refractivity contribution in [1.82, 2.24) is 14.7 Å². The minimum Gasteiger partial charge on any atom is -0.316 e. The summed E-state index contributed by atoms with van der Waals surface area (Å²) in [7, 11) is 0. The van der Waals surface area contributed by atoms with E-state index in [2.05, 4.69) is 55.3 Å². The number of nitrogens with zero attached hydrogens (tertiary/aromatic N) is 2. The third kappa shape index (κ3) is 4.30. The lowest BCUT2D eigenvalue weighted by molar-refractivity contribution is 0.0970. The average Bonchev–Trinajstić information content (AvgIpc) is 3.07. The fourth-order valence-corrected chi connectivity index (χ4v) is 4.14. The lowest BCUT2D eigenvalue weighted by Gasteiger charge is -2.13. The van der Waals surface area contributed by atoms with E-state index in [1.165, 1.54) is 11.1 Å². The summed E-state index contributed by atoms with van der Waals surface area (Å²) >= 11 is 1.61. The lowest BCUT2D eigenvalue weighted by Crippen LogP contribution is -2.21. The Balaban J connectivity index is 1.89. The number of benzene rings is 1. The van der Waals surface area contributed by atoms with Gasteiger partial charge >= 0.3 is 0 Å². The van der Waals surface area contributed by atoms with Gasteiger partial charge in [-0.1, -0.05) is 43.3 Å². The van der Waals surface area contributed by atoms with E-state index in [1.807, 2.05) is 36.6 Å². The molecule has 3 aromatic rings. The molecule has 2 heterocycles. The van der Waals surface area contributed by atoms with Gasteiger partial charge in [0.2, 0.25) is 0 Å². The molecule has 0 fully saturated rings. The van der Waals surface area contributed by atoms with Crippen LogP contribution in [0.5, 0.6) is 0 Å². The second-order valence-electron chi connectivity index (χ2n) is 7.07. The molecule has 0 aliphatic heterocycles. The van der Waals surface area contributed by atoms with Crippen LogP contribution in [0.25, 0.3) is 5.65 Å². The summed E-state index contributed by atoms with van der Waals surface area (Å²) in [6, 6.07) is 10.1. The quantitative estimate of drug-likeness (QED) is 0.544. The molecule has 4 nitrogen and oxygen atoms in total. The number of hydrogen-bond donors (Lipinski definition) is 1. The zero-order valence-corrected chi connectivity index (χ0v) is 18.0.